The first kappa shape index (κ1) is 13.4. The van der Waals surface area contributed by atoms with Crippen LogP contribution in [0.15, 0.2) is 65.9 Å². The molecule has 0 radical (unpaired) electrons. The van der Waals surface area contributed by atoms with Crippen LogP contribution in [0.1, 0.15) is 13.3 Å². The highest BCUT2D eigenvalue weighted by Crippen LogP contribution is 2.26. The average molecular weight is 281 g/mol. The third kappa shape index (κ3) is 2.79. The van der Waals surface area contributed by atoms with E-state index in [4.69, 9.17) is 4.74 Å². The molecule has 3 rings (SSSR count). The molecule has 1 atom stereocenters. The number of hydrogen-bond donors (Lipinski definition) is 0. The Morgan fingerprint density at radius 3 is 2.67 bits per heavy atom. The maximum atomic E-state index is 10.8. The molecular weight excluding hydrogens is 266 g/mol. The molecule has 0 aliphatic heterocycles. The number of nitro groups is 1. The van der Waals surface area contributed by atoms with Crippen LogP contribution in [0, 0.1) is 10.1 Å². The summed E-state index contributed by atoms with van der Waals surface area (Å²) in [6.45, 7) is 1.86. The molecule has 4 nitrogen and oxygen atoms in total. The van der Waals surface area contributed by atoms with Gasteiger partial charge in [-0.15, -0.1) is 0 Å². The van der Waals surface area contributed by atoms with Gasteiger partial charge in [0.25, 0.3) is 5.70 Å². The zero-order chi connectivity index (χ0) is 14.8. The average Bonchev–Trinajstić information content (AvgIpc) is 2.49. The standard InChI is InChI=1S/C17H15NO3/c1-12-10-15(18(19)20)7-9-17(12)21-16-8-6-13-4-2-3-5-14(13)11-16/h2-8,10-11,17H,9H2,1H3. The van der Waals surface area contributed by atoms with Crippen molar-refractivity contribution in [2.45, 2.75) is 19.4 Å². The number of ether oxygens (including phenoxy) is 1. The highest BCUT2D eigenvalue weighted by molar-refractivity contribution is 5.83. The van der Waals surface area contributed by atoms with Gasteiger partial charge in [-0.05, 0) is 41.5 Å². The molecule has 0 spiro atoms. The summed E-state index contributed by atoms with van der Waals surface area (Å²) < 4.78 is 5.97. The molecule has 1 unspecified atom stereocenters. The van der Waals surface area contributed by atoms with Crippen molar-refractivity contribution in [1.29, 1.82) is 0 Å². The Kier molecular flexibility index (Phi) is 3.44. The third-order valence-electron chi connectivity index (χ3n) is 3.63. The lowest BCUT2D eigenvalue weighted by atomic mass is 10.0. The minimum absolute atomic E-state index is 0.144. The van der Waals surface area contributed by atoms with Crippen molar-refractivity contribution >= 4 is 10.8 Å². The number of allylic oxidation sites excluding steroid dienone is 1. The van der Waals surface area contributed by atoms with Gasteiger partial charge >= 0.3 is 0 Å². The lowest BCUT2D eigenvalue weighted by Crippen LogP contribution is -2.21. The molecule has 0 amide bonds. The normalized spacial score (nSPS) is 18.0. The largest absolute Gasteiger partial charge is 0.486 e. The van der Waals surface area contributed by atoms with Gasteiger partial charge in [0.2, 0.25) is 0 Å². The van der Waals surface area contributed by atoms with Crippen molar-refractivity contribution in [3.63, 3.8) is 0 Å². The third-order valence-corrected chi connectivity index (χ3v) is 3.63. The second-order valence-corrected chi connectivity index (χ2v) is 5.13. The van der Waals surface area contributed by atoms with Crippen LogP contribution >= 0.6 is 0 Å². The van der Waals surface area contributed by atoms with Crippen LogP contribution in [0.4, 0.5) is 0 Å². The van der Waals surface area contributed by atoms with Crippen LogP contribution in [0.2, 0.25) is 0 Å². The van der Waals surface area contributed by atoms with Gasteiger partial charge in [-0.2, -0.15) is 0 Å². The minimum Gasteiger partial charge on any atom is -0.486 e. The predicted octanol–water partition coefficient (Wildman–Crippen LogP) is 4.10. The van der Waals surface area contributed by atoms with Crippen LogP contribution in [0.25, 0.3) is 10.8 Å². The summed E-state index contributed by atoms with van der Waals surface area (Å²) in [5.74, 6) is 0.782. The summed E-state index contributed by atoms with van der Waals surface area (Å²) >= 11 is 0. The van der Waals surface area contributed by atoms with Crippen molar-refractivity contribution in [3.8, 4) is 5.75 Å². The van der Waals surface area contributed by atoms with E-state index in [-0.39, 0.29) is 16.7 Å². The van der Waals surface area contributed by atoms with Gasteiger partial charge < -0.3 is 4.74 Å². The monoisotopic (exact) mass is 281 g/mol. The molecule has 0 bridgehead atoms. The van der Waals surface area contributed by atoms with E-state index in [9.17, 15) is 10.1 Å². The first-order valence-electron chi connectivity index (χ1n) is 6.82. The van der Waals surface area contributed by atoms with Crippen LogP contribution in [0.5, 0.6) is 5.75 Å². The summed E-state index contributed by atoms with van der Waals surface area (Å²) in [7, 11) is 0. The van der Waals surface area contributed by atoms with E-state index in [1.54, 1.807) is 12.2 Å². The molecule has 106 valence electrons. The fraction of sp³-hybridized carbons (Fsp3) is 0.176. The topological polar surface area (TPSA) is 52.4 Å². The zero-order valence-corrected chi connectivity index (χ0v) is 11.7. The molecule has 2 aromatic carbocycles. The smallest absolute Gasteiger partial charge is 0.265 e. The van der Waals surface area contributed by atoms with Crippen molar-refractivity contribution in [2.24, 2.45) is 0 Å². The minimum atomic E-state index is -0.365. The molecule has 1 aliphatic carbocycles. The first-order chi connectivity index (χ1) is 10.1. The maximum Gasteiger partial charge on any atom is 0.265 e. The van der Waals surface area contributed by atoms with Crippen molar-refractivity contribution in [3.05, 3.63) is 76.0 Å². The Labute approximate surface area is 122 Å². The summed E-state index contributed by atoms with van der Waals surface area (Å²) in [6.07, 6.45) is 3.56. The highest BCUT2D eigenvalue weighted by atomic mass is 16.6. The number of hydrogen-bond acceptors (Lipinski definition) is 3. The van der Waals surface area contributed by atoms with Gasteiger partial charge in [0.1, 0.15) is 11.9 Å². The second-order valence-electron chi connectivity index (χ2n) is 5.13. The molecule has 0 aromatic heterocycles. The summed E-state index contributed by atoms with van der Waals surface area (Å²) in [6, 6.07) is 14.0. The molecule has 0 saturated carbocycles. The van der Waals surface area contributed by atoms with E-state index >= 15 is 0 Å². The summed E-state index contributed by atoms with van der Waals surface area (Å²) in [4.78, 5) is 10.4. The number of benzene rings is 2. The SMILES string of the molecule is CC1=CC([N+](=O)[O-])=CCC1Oc1ccc2ccccc2c1. The van der Waals surface area contributed by atoms with E-state index in [0.29, 0.717) is 6.42 Å². The Morgan fingerprint density at radius 1 is 1.19 bits per heavy atom. The van der Waals surface area contributed by atoms with Gasteiger partial charge in [-0.25, -0.2) is 0 Å². The van der Waals surface area contributed by atoms with Gasteiger partial charge in [-0.1, -0.05) is 30.3 Å². The first-order valence-corrected chi connectivity index (χ1v) is 6.82. The molecular formula is C17H15NO3. The molecule has 0 heterocycles. The van der Waals surface area contributed by atoms with Crippen LogP contribution in [-0.2, 0) is 0 Å². The fourth-order valence-corrected chi connectivity index (χ4v) is 2.47. The highest BCUT2D eigenvalue weighted by Gasteiger charge is 2.21. The second kappa shape index (κ2) is 5.40. The van der Waals surface area contributed by atoms with Gasteiger partial charge in [-0.3, -0.25) is 10.1 Å². The maximum absolute atomic E-state index is 10.8. The molecule has 21 heavy (non-hydrogen) atoms. The van der Waals surface area contributed by atoms with Gasteiger partial charge in [0.05, 0.1) is 4.92 Å². The number of fused-ring (bicyclic) bond motifs is 1. The quantitative estimate of drug-likeness (QED) is 0.628. The van der Waals surface area contributed by atoms with Gasteiger partial charge in [0.15, 0.2) is 0 Å². The van der Waals surface area contributed by atoms with Crippen LogP contribution in [0.3, 0.4) is 0 Å². The van der Waals surface area contributed by atoms with E-state index in [1.165, 1.54) is 0 Å². The summed E-state index contributed by atoms with van der Waals surface area (Å²) in [5.41, 5.74) is 1.02. The molecule has 4 heteroatoms. The lowest BCUT2D eigenvalue weighted by Gasteiger charge is -2.21. The van der Waals surface area contributed by atoms with Crippen molar-refractivity contribution < 1.29 is 9.66 Å². The number of nitrogens with zero attached hydrogens (tertiary/aromatic N) is 1. The van der Waals surface area contributed by atoms with E-state index in [0.717, 1.165) is 22.1 Å². The Balaban J connectivity index is 1.80. The van der Waals surface area contributed by atoms with Crippen LogP contribution in [-0.4, -0.2) is 11.0 Å². The Morgan fingerprint density at radius 2 is 1.95 bits per heavy atom. The Hall–Kier alpha value is -2.62. The molecule has 2 aromatic rings. The number of rotatable bonds is 3. The summed E-state index contributed by atoms with van der Waals surface area (Å²) in [5, 5.41) is 13.0. The zero-order valence-electron chi connectivity index (χ0n) is 11.7. The predicted molar refractivity (Wildman–Crippen MR) is 81.8 cm³/mol. The van der Waals surface area contributed by atoms with E-state index in [2.05, 4.69) is 6.07 Å². The molecule has 1 aliphatic rings. The Bertz CT molecular complexity index is 761. The molecule has 0 fully saturated rings. The van der Waals surface area contributed by atoms with Gasteiger partial charge in [0, 0.05) is 12.5 Å². The molecule has 0 N–H and O–H groups in total. The van der Waals surface area contributed by atoms with Crippen molar-refractivity contribution in [2.75, 3.05) is 0 Å². The van der Waals surface area contributed by atoms with E-state index in [1.807, 2.05) is 43.3 Å². The van der Waals surface area contributed by atoms with Crippen molar-refractivity contribution in [1.82, 2.24) is 0 Å². The lowest BCUT2D eigenvalue weighted by molar-refractivity contribution is -0.419. The molecule has 0 saturated heterocycles. The van der Waals surface area contributed by atoms with E-state index < -0.39 is 0 Å². The van der Waals surface area contributed by atoms with Crippen LogP contribution < -0.4 is 4.74 Å². The fourth-order valence-electron chi connectivity index (χ4n) is 2.47.